The molecule has 0 spiro atoms. The molecule has 0 saturated heterocycles. The molecule has 27 heavy (non-hydrogen) atoms. The van der Waals surface area contributed by atoms with Gasteiger partial charge in [0.25, 0.3) is 0 Å². The number of benzene rings is 2. The van der Waals surface area contributed by atoms with Crippen molar-refractivity contribution in [3.8, 4) is 11.1 Å². The molecule has 4 N–H and O–H groups in total. The molecule has 0 amide bonds. The van der Waals surface area contributed by atoms with Crippen LogP contribution in [0.1, 0.15) is 23.2 Å². The summed E-state index contributed by atoms with van der Waals surface area (Å²) in [6.45, 7) is 0.223. The number of rotatable bonds is 5. The van der Waals surface area contributed by atoms with E-state index in [0.29, 0.717) is 21.7 Å². The van der Waals surface area contributed by atoms with Crippen molar-refractivity contribution in [2.45, 2.75) is 18.2 Å². The van der Waals surface area contributed by atoms with Gasteiger partial charge in [-0.2, -0.15) is 18.3 Å². The normalized spacial score (nSPS) is 14.1. The van der Waals surface area contributed by atoms with Crippen LogP contribution >= 0.6 is 11.6 Å². The van der Waals surface area contributed by atoms with Crippen molar-refractivity contribution in [2.24, 2.45) is 5.73 Å². The summed E-state index contributed by atoms with van der Waals surface area (Å²) in [5.41, 5.74) is 4.80. The zero-order chi connectivity index (χ0) is 19.7. The van der Waals surface area contributed by atoms with Crippen LogP contribution in [0, 0.1) is 0 Å². The third kappa shape index (κ3) is 3.85. The van der Waals surface area contributed by atoms with Crippen LogP contribution < -0.4 is 5.73 Å². The van der Waals surface area contributed by atoms with E-state index in [1.165, 1.54) is 12.1 Å². The summed E-state index contributed by atoms with van der Waals surface area (Å²) in [6.07, 6.45) is -3.16. The molecule has 0 aliphatic heterocycles. The van der Waals surface area contributed by atoms with Crippen molar-refractivity contribution in [1.82, 2.24) is 10.2 Å². The Morgan fingerprint density at radius 2 is 1.56 bits per heavy atom. The highest BCUT2D eigenvalue weighted by molar-refractivity contribution is 6.30. The fourth-order valence-electron chi connectivity index (χ4n) is 3.04. The molecular weight excluding hydrogens is 379 g/mol. The number of hydrogen-bond donors (Lipinski definition) is 3. The maximum Gasteiger partial charge on any atom is 0.433 e. The highest BCUT2D eigenvalue weighted by atomic mass is 35.5. The second-order valence-electron chi connectivity index (χ2n) is 6.14. The lowest BCUT2D eigenvalue weighted by Crippen LogP contribution is -2.30. The molecule has 0 aliphatic rings. The number of nitrogens with two attached hydrogens (primary N) is 1. The quantitative estimate of drug-likeness (QED) is 0.601. The first-order valence-electron chi connectivity index (χ1n) is 8.15. The second-order valence-corrected chi connectivity index (χ2v) is 6.58. The molecule has 1 atom stereocenters. The van der Waals surface area contributed by atoms with Crippen LogP contribution in [-0.2, 0) is 11.8 Å². The summed E-state index contributed by atoms with van der Waals surface area (Å²) in [5, 5.41) is 17.2. The minimum atomic E-state index is -4.53. The van der Waals surface area contributed by atoms with Crippen molar-refractivity contribution < 1.29 is 18.3 Å². The van der Waals surface area contributed by atoms with Gasteiger partial charge in [-0.15, -0.1) is 0 Å². The molecule has 4 nitrogen and oxygen atoms in total. The molecule has 1 heterocycles. The minimum absolute atomic E-state index is 0.0529. The third-order valence-electron chi connectivity index (χ3n) is 4.42. The number of aromatic amines is 1. The van der Waals surface area contributed by atoms with Crippen LogP contribution in [0.2, 0.25) is 5.02 Å². The zero-order valence-electron chi connectivity index (χ0n) is 14.1. The molecule has 0 bridgehead atoms. The summed E-state index contributed by atoms with van der Waals surface area (Å²) in [7, 11) is 0. The Hall–Kier alpha value is -2.35. The SMILES string of the molecule is NCCC(O)(c1ccc(Cl)cc1)c1ccc(-c2cn[nH]c2C(F)(F)F)cc1. The van der Waals surface area contributed by atoms with Gasteiger partial charge in [-0.1, -0.05) is 48.0 Å². The van der Waals surface area contributed by atoms with Crippen molar-refractivity contribution in [1.29, 1.82) is 0 Å². The van der Waals surface area contributed by atoms with Crippen LogP contribution in [-0.4, -0.2) is 21.8 Å². The molecule has 1 unspecified atom stereocenters. The number of nitrogens with one attached hydrogen (secondary N) is 1. The van der Waals surface area contributed by atoms with E-state index in [-0.39, 0.29) is 18.5 Å². The number of halogens is 4. The van der Waals surface area contributed by atoms with Gasteiger partial charge < -0.3 is 10.8 Å². The van der Waals surface area contributed by atoms with Gasteiger partial charge in [-0.3, -0.25) is 5.10 Å². The topological polar surface area (TPSA) is 74.9 Å². The van der Waals surface area contributed by atoms with Gasteiger partial charge in [0.1, 0.15) is 11.3 Å². The van der Waals surface area contributed by atoms with Crippen molar-refractivity contribution in [2.75, 3.05) is 6.54 Å². The van der Waals surface area contributed by atoms with Gasteiger partial charge in [0, 0.05) is 10.6 Å². The molecular formula is C19H17ClF3N3O. The smallest absolute Gasteiger partial charge is 0.380 e. The van der Waals surface area contributed by atoms with Gasteiger partial charge in [0.05, 0.1) is 6.20 Å². The predicted octanol–water partition coefficient (Wildman–Crippen LogP) is 4.33. The molecule has 0 fully saturated rings. The van der Waals surface area contributed by atoms with E-state index in [0.717, 1.165) is 6.20 Å². The molecule has 0 radical (unpaired) electrons. The summed E-state index contributed by atoms with van der Waals surface area (Å²) in [5.74, 6) is 0. The molecule has 0 aliphatic carbocycles. The Balaban J connectivity index is 2.00. The monoisotopic (exact) mass is 395 g/mol. The number of H-pyrrole nitrogens is 1. The van der Waals surface area contributed by atoms with Gasteiger partial charge in [0.2, 0.25) is 0 Å². The Kier molecular flexibility index (Phi) is 5.28. The summed E-state index contributed by atoms with van der Waals surface area (Å²) in [6, 6.07) is 12.9. The first-order chi connectivity index (χ1) is 12.8. The number of alkyl halides is 3. The summed E-state index contributed by atoms with van der Waals surface area (Å²) in [4.78, 5) is 0. The number of aromatic nitrogens is 2. The van der Waals surface area contributed by atoms with Crippen LogP contribution in [0.25, 0.3) is 11.1 Å². The molecule has 8 heteroatoms. The molecule has 1 aromatic heterocycles. The third-order valence-corrected chi connectivity index (χ3v) is 4.68. The highest BCUT2D eigenvalue weighted by Gasteiger charge is 2.36. The second kappa shape index (κ2) is 7.34. The fraction of sp³-hybridized carbons (Fsp3) is 0.211. The summed E-state index contributed by atoms with van der Waals surface area (Å²) < 4.78 is 39.2. The highest BCUT2D eigenvalue weighted by Crippen LogP contribution is 2.37. The maximum atomic E-state index is 13.1. The number of nitrogens with zero attached hydrogens (tertiary/aromatic N) is 1. The first kappa shape index (κ1) is 19.4. The number of hydrogen-bond acceptors (Lipinski definition) is 3. The molecule has 0 saturated carbocycles. The van der Waals surface area contributed by atoms with E-state index in [2.05, 4.69) is 5.10 Å². The lowest BCUT2D eigenvalue weighted by Gasteiger charge is -2.29. The van der Waals surface area contributed by atoms with Crippen LogP contribution in [0.4, 0.5) is 13.2 Å². The predicted molar refractivity (Wildman–Crippen MR) is 97.1 cm³/mol. The largest absolute Gasteiger partial charge is 0.433 e. The zero-order valence-corrected chi connectivity index (χ0v) is 14.8. The average Bonchev–Trinajstić information content (AvgIpc) is 3.13. The van der Waals surface area contributed by atoms with E-state index in [1.54, 1.807) is 36.4 Å². The van der Waals surface area contributed by atoms with Gasteiger partial charge in [-0.05, 0) is 41.8 Å². The van der Waals surface area contributed by atoms with Crippen LogP contribution in [0.3, 0.4) is 0 Å². The van der Waals surface area contributed by atoms with Gasteiger partial charge >= 0.3 is 6.18 Å². The van der Waals surface area contributed by atoms with Gasteiger partial charge in [0.15, 0.2) is 0 Å². The van der Waals surface area contributed by atoms with E-state index < -0.39 is 17.5 Å². The number of aliphatic hydroxyl groups is 1. The standard InChI is InChI=1S/C19H17ClF3N3O/c20-15-7-5-14(6-8-15)18(27,9-10-24)13-3-1-12(2-4-13)16-11-25-26-17(16)19(21,22)23/h1-8,11,27H,9-10,24H2,(H,25,26). The molecule has 3 rings (SSSR count). The molecule has 3 aromatic rings. The van der Waals surface area contributed by atoms with Crippen LogP contribution in [0.5, 0.6) is 0 Å². The van der Waals surface area contributed by atoms with Gasteiger partial charge in [-0.25, -0.2) is 0 Å². The maximum absolute atomic E-state index is 13.1. The van der Waals surface area contributed by atoms with E-state index >= 15 is 0 Å². The van der Waals surface area contributed by atoms with E-state index in [1.807, 2.05) is 5.10 Å². The Morgan fingerprint density at radius 3 is 2.07 bits per heavy atom. The first-order valence-corrected chi connectivity index (χ1v) is 8.53. The fourth-order valence-corrected chi connectivity index (χ4v) is 3.16. The summed E-state index contributed by atoms with van der Waals surface area (Å²) >= 11 is 5.91. The average molecular weight is 396 g/mol. The minimum Gasteiger partial charge on any atom is -0.380 e. The van der Waals surface area contributed by atoms with E-state index in [4.69, 9.17) is 17.3 Å². The van der Waals surface area contributed by atoms with Crippen LogP contribution in [0.15, 0.2) is 54.7 Å². The van der Waals surface area contributed by atoms with E-state index in [9.17, 15) is 18.3 Å². The van der Waals surface area contributed by atoms with Crippen molar-refractivity contribution in [3.05, 3.63) is 76.6 Å². The Morgan fingerprint density at radius 1 is 1.00 bits per heavy atom. The Bertz CT molecular complexity index is 907. The van der Waals surface area contributed by atoms with Crippen molar-refractivity contribution in [3.63, 3.8) is 0 Å². The molecule has 2 aromatic carbocycles. The van der Waals surface area contributed by atoms with Crippen molar-refractivity contribution >= 4 is 11.6 Å². The molecule has 142 valence electrons. The Labute approximate surface area is 158 Å². The lowest BCUT2D eigenvalue weighted by molar-refractivity contribution is -0.140. The lowest BCUT2D eigenvalue weighted by atomic mass is 9.83.